The first kappa shape index (κ1) is 15.6. The number of rotatable bonds is 6. The minimum atomic E-state index is 0.245. The molecule has 0 aliphatic rings. The lowest BCUT2D eigenvalue weighted by atomic mass is 10.0. The van der Waals surface area contributed by atoms with Gasteiger partial charge in [-0.15, -0.1) is 0 Å². The van der Waals surface area contributed by atoms with Gasteiger partial charge >= 0.3 is 0 Å². The predicted molar refractivity (Wildman–Crippen MR) is 82.9 cm³/mol. The molecule has 2 atom stereocenters. The van der Waals surface area contributed by atoms with Crippen LogP contribution in [-0.4, -0.2) is 21.2 Å². The van der Waals surface area contributed by atoms with Crippen molar-refractivity contribution in [3.8, 4) is 11.5 Å². The van der Waals surface area contributed by atoms with Gasteiger partial charge in [-0.25, -0.2) is 0 Å². The normalized spacial score (nSPS) is 14.1. The first-order valence-corrected chi connectivity index (χ1v) is 7.50. The van der Waals surface area contributed by atoms with Crippen LogP contribution >= 0.6 is 0 Å². The molecule has 0 saturated heterocycles. The van der Waals surface area contributed by atoms with Gasteiger partial charge in [0.15, 0.2) is 0 Å². The lowest BCUT2D eigenvalue weighted by molar-refractivity contribution is 0.349. The number of aryl methyl sites for hydroxylation is 2. The number of hydrogen-bond donors (Lipinski definition) is 1. The van der Waals surface area contributed by atoms with Gasteiger partial charge in [0.2, 0.25) is 11.7 Å². The maximum Gasteiger partial charge on any atom is 0.229 e. The van der Waals surface area contributed by atoms with Gasteiger partial charge in [-0.3, -0.25) is 4.98 Å². The van der Waals surface area contributed by atoms with Crippen LogP contribution in [0.25, 0.3) is 11.5 Å². The second-order valence-corrected chi connectivity index (χ2v) is 5.94. The Labute approximate surface area is 126 Å². The van der Waals surface area contributed by atoms with Crippen LogP contribution in [0.5, 0.6) is 0 Å². The Kier molecular flexibility index (Phi) is 5.07. The van der Waals surface area contributed by atoms with E-state index in [0.717, 1.165) is 36.1 Å². The number of hydrogen-bond acceptors (Lipinski definition) is 5. The number of pyridine rings is 1. The van der Waals surface area contributed by atoms with Crippen LogP contribution in [0.1, 0.15) is 56.0 Å². The topological polar surface area (TPSA) is 77.8 Å². The minimum Gasteiger partial charge on any atom is -0.339 e. The molecule has 0 fully saturated rings. The molecule has 0 saturated carbocycles. The fourth-order valence-electron chi connectivity index (χ4n) is 2.35. The standard InChI is InChI=1S/C16H24N4O/c1-10-8-12(3)14(18-9-10)15-19-16(21-20-15)11(2)6-5-7-13(4)17/h8-9,11,13H,5-7,17H2,1-4H3. The van der Waals surface area contributed by atoms with Crippen molar-refractivity contribution < 1.29 is 4.52 Å². The van der Waals surface area contributed by atoms with Crippen molar-refractivity contribution in [3.63, 3.8) is 0 Å². The van der Waals surface area contributed by atoms with E-state index in [1.165, 1.54) is 0 Å². The van der Waals surface area contributed by atoms with Crippen molar-refractivity contribution in [2.24, 2.45) is 5.73 Å². The summed E-state index contributed by atoms with van der Waals surface area (Å²) in [6.07, 6.45) is 4.91. The van der Waals surface area contributed by atoms with Crippen molar-refractivity contribution in [3.05, 3.63) is 29.3 Å². The molecule has 2 aromatic heterocycles. The largest absolute Gasteiger partial charge is 0.339 e. The molecule has 0 spiro atoms. The smallest absolute Gasteiger partial charge is 0.229 e. The molecule has 0 aliphatic heterocycles. The quantitative estimate of drug-likeness (QED) is 0.881. The maximum absolute atomic E-state index is 5.77. The molecule has 0 aromatic carbocycles. The third-order valence-electron chi connectivity index (χ3n) is 3.59. The monoisotopic (exact) mass is 288 g/mol. The van der Waals surface area contributed by atoms with Gasteiger partial charge in [-0.2, -0.15) is 4.98 Å². The Hall–Kier alpha value is -1.75. The molecule has 0 bridgehead atoms. The summed E-state index contributed by atoms with van der Waals surface area (Å²) in [6, 6.07) is 2.32. The fraction of sp³-hybridized carbons (Fsp3) is 0.562. The summed E-state index contributed by atoms with van der Waals surface area (Å²) >= 11 is 0. The summed E-state index contributed by atoms with van der Waals surface area (Å²) < 4.78 is 5.39. The zero-order valence-corrected chi connectivity index (χ0v) is 13.3. The molecule has 0 amide bonds. The van der Waals surface area contributed by atoms with Crippen molar-refractivity contribution >= 4 is 0 Å². The lowest BCUT2D eigenvalue weighted by Crippen LogP contribution is -2.14. The Morgan fingerprint density at radius 2 is 2.00 bits per heavy atom. The molecule has 0 aliphatic carbocycles. The number of nitrogens with zero attached hydrogens (tertiary/aromatic N) is 3. The van der Waals surface area contributed by atoms with Gasteiger partial charge in [0.05, 0.1) is 0 Å². The maximum atomic E-state index is 5.77. The van der Waals surface area contributed by atoms with E-state index >= 15 is 0 Å². The average Bonchev–Trinajstić information content (AvgIpc) is 2.87. The summed E-state index contributed by atoms with van der Waals surface area (Å²) in [6.45, 7) is 8.17. The third-order valence-corrected chi connectivity index (χ3v) is 3.59. The highest BCUT2D eigenvalue weighted by molar-refractivity contribution is 5.54. The van der Waals surface area contributed by atoms with Crippen molar-refractivity contribution in [2.75, 3.05) is 0 Å². The summed E-state index contributed by atoms with van der Waals surface area (Å²) in [7, 11) is 0. The van der Waals surface area contributed by atoms with Gasteiger partial charge in [-0.1, -0.05) is 24.6 Å². The van der Waals surface area contributed by atoms with E-state index in [4.69, 9.17) is 10.3 Å². The summed E-state index contributed by atoms with van der Waals surface area (Å²) in [5.74, 6) is 1.49. The van der Waals surface area contributed by atoms with E-state index in [2.05, 4.69) is 28.1 Å². The SMILES string of the molecule is Cc1cnc(-c2noc(C(C)CCCC(C)N)n2)c(C)c1. The van der Waals surface area contributed by atoms with Crippen LogP contribution in [0.15, 0.2) is 16.8 Å². The van der Waals surface area contributed by atoms with Gasteiger partial charge in [-0.05, 0) is 44.7 Å². The zero-order valence-electron chi connectivity index (χ0n) is 13.3. The molecule has 21 heavy (non-hydrogen) atoms. The highest BCUT2D eigenvalue weighted by Crippen LogP contribution is 2.24. The Morgan fingerprint density at radius 3 is 2.67 bits per heavy atom. The third kappa shape index (κ3) is 4.11. The van der Waals surface area contributed by atoms with Crippen LogP contribution in [0.4, 0.5) is 0 Å². The molecule has 2 rings (SSSR count). The first-order valence-electron chi connectivity index (χ1n) is 7.50. The second kappa shape index (κ2) is 6.80. The van der Waals surface area contributed by atoms with Gasteiger partial charge in [0.1, 0.15) is 5.69 Å². The molecule has 0 radical (unpaired) electrons. The van der Waals surface area contributed by atoms with Crippen LogP contribution in [0, 0.1) is 13.8 Å². The Morgan fingerprint density at radius 1 is 1.24 bits per heavy atom. The van der Waals surface area contributed by atoms with Gasteiger partial charge in [0, 0.05) is 18.2 Å². The summed E-state index contributed by atoms with van der Waals surface area (Å²) in [4.78, 5) is 8.90. The molecular formula is C16H24N4O. The molecular weight excluding hydrogens is 264 g/mol. The second-order valence-electron chi connectivity index (χ2n) is 5.94. The summed E-state index contributed by atoms with van der Waals surface area (Å²) in [5, 5.41) is 4.07. The van der Waals surface area contributed by atoms with Crippen LogP contribution in [0.2, 0.25) is 0 Å². The first-order chi connectivity index (χ1) is 9.97. The number of nitrogens with two attached hydrogens (primary N) is 1. The molecule has 114 valence electrons. The minimum absolute atomic E-state index is 0.245. The fourth-order valence-corrected chi connectivity index (χ4v) is 2.35. The van der Waals surface area contributed by atoms with Crippen LogP contribution in [0.3, 0.4) is 0 Å². The van der Waals surface area contributed by atoms with Gasteiger partial charge < -0.3 is 10.3 Å². The highest BCUT2D eigenvalue weighted by atomic mass is 16.5. The molecule has 2 N–H and O–H groups in total. The average molecular weight is 288 g/mol. The highest BCUT2D eigenvalue weighted by Gasteiger charge is 2.17. The molecule has 5 nitrogen and oxygen atoms in total. The zero-order chi connectivity index (χ0) is 15.4. The van der Waals surface area contributed by atoms with Crippen molar-refractivity contribution in [1.29, 1.82) is 0 Å². The van der Waals surface area contributed by atoms with Crippen molar-refractivity contribution in [1.82, 2.24) is 15.1 Å². The molecule has 2 unspecified atom stereocenters. The Bertz CT molecular complexity index is 592. The van der Waals surface area contributed by atoms with Crippen molar-refractivity contribution in [2.45, 2.75) is 58.9 Å². The van der Waals surface area contributed by atoms with Gasteiger partial charge in [0.25, 0.3) is 0 Å². The van der Waals surface area contributed by atoms with Crippen LogP contribution in [-0.2, 0) is 0 Å². The lowest BCUT2D eigenvalue weighted by Gasteiger charge is -2.07. The molecule has 5 heteroatoms. The predicted octanol–water partition coefficient (Wildman–Crippen LogP) is 3.37. The van der Waals surface area contributed by atoms with E-state index in [1.54, 1.807) is 0 Å². The van der Waals surface area contributed by atoms with E-state index in [1.807, 2.05) is 27.0 Å². The van der Waals surface area contributed by atoms with E-state index in [9.17, 15) is 0 Å². The molecule has 2 heterocycles. The van der Waals surface area contributed by atoms with E-state index in [-0.39, 0.29) is 12.0 Å². The summed E-state index contributed by atoms with van der Waals surface area (Å²) in [5.41, 5.74) is 8.75. The van der Waals surface area contributed by atoms with E-state index in [0.29, 0.717) is 11.7 Å². The Balaban J connectivity index is 2.07. The number of aromatic nitrogens is 3. The van der Waals surface area contributed by atoms with E-state index < -0.39 is 0 Å². The molecule has 2 aromatic rings. The van der Waals surface area contributed by atoms with Crippen LogP contribution < -0.4 is 5.73 Å².